The molecule has 0 unspecified atom stereocenters. The number of hydrogen-bond donors (Lipinski definition) is 0. The lowest BCUT2D eigenvalue weighted by atomic mass is 10.0. The van der Waals surface area contributed by atoms with Crippen LogP contribution in [0.3, 0.4) is 0 Å². The summed E-state index contributed by atoms with van der Waals surface area (Å²) in [5.41, 5.74) is 2.96. The van der Waals surface area contributed by atoms with Gasteiger partial charge in [-0.2, -0.15) is 0 Å². The summed E-state index contributed by atoms with van der Waals surface area (Å²) >= 11 is 0. The van der Waals surface area contributed by atoms with Gasteiger partial charge in [-0.05, 0) is 38.3 Å². The Bertz CT molecular complexity index is 291. The molecule has 1 heterocycles. The van der Waals surface area contributed by atoms with Gasteiger partial charge in [0.1, 0.15) is 0 Å². The number of fused-ring (bicyclic) bond motifs is 1. The first-order valence-corrected chi connectivity index (χ1v) is 6.13. The molecular formula is C15H27N. The van der Waals surface area contributed by atoms with Crippen molar-refractivity contribution in [2.45, 2.75) is 54.0 Å². The molecule has 0 amide bonds. The zero-order chi connectivity index (χ0) is 11.3. The maximum atomic E-state index is 2.50. The summed E-state index contributed by atoms with van der Waals surface area (Å²) in [6.07, 6.45) is 2.55. The lowest BCUT2D eigenvalue weighted by Gasteiger charge is -2.34. The number of anilines is 1. The predicted octanol–water partition coefficient (Wildman–Crippen LogP) is 4.51. The van der Waals surface area contributed by atoms with Gasteiger partial charge in [-0.25, -0.2) is 0 Å². The first-order valence-electron chi connectivity index (χ1n) is 6.13. The van der Waals surface area contributed by atoms with Crippen LogP contribution in [0.5, 0.6) is 0 Å². The van der Waals surface area contributed by atoms with Crippen molar-refractivity contribution >= 4 is 5.69 Å². The van der Waals surface area contributed by atoms with Crippen molar-refractivity contribution < 1.29 is 0 Å². The second-order valence-electron chi connectivity index (χ2n) is 4.02. The molecule has 0 aliphatic carbocycles. The van der Waals surface area contributed by atoms with E-state index in [9.17, 15) is 0 Å². The zero-order valence-corrected chi connectivity index (χ0v) is 10.5. The topological polar surface area (TPSA) is 3.24 Å². The number of benzene rings is 1. The van der Waals surface area contributed by atoms with E-state index in [1.54, 1.807) is 0 Å². The third kappa shape index (κ3) is 3.26. The van der Waals surface area contributed by atoms with Gasteiger partial charge in [-0.15, -0.1) is 0 Å². The van der Waals surface area contributed by atoms with Crippen LogP contribution in [0.4, 0.5) is 5.69 Å². The Morgan fingerprint density at radius 3 is 2.38 bits per heavy atom. The fraction of sp³-hybridized carbons (Fsp3) is 0.600. The van der Waals surface area contributed by atoms with E-state index >= 15 is 0 Å². The van der Waals surface area contributed by atoms with E-state index in [4.69, 9.17) is 0 Å². The van der Waals surface area contributed by atoms with Crippen molar-refractivity contribution in [1.82, 2.24) is 0 Å². The van der Waals surface area contributed by atoms with Gasteiger partial charge in [0.05, 0.1) is 0 Å². The van der Waals surface area contributed by atoms with Gasteiger partial charge in [0.25, 0.3) is 0 Å². The SMILES string of the molecule is C.CC.CC(C)N1CCCc2ccccc21. The molecule has 0 saturated heterocycles. The summed E-state index contributed by atoms with van der Waals surface area (Å²) in [4.78, 5) is 2.50. The normalized spacial score (nSPS) is 13.4. The summed E-state index contributed by atoms with van der Waals surface area (Å²) in [6.45, 7) is 9.75. The second kappa shape index (κ2) is 7.32. The number of hydrogen-bond acceptors (Lipinski definition) is 1. The smallest absolute Gasteiger partial charge is 0.0401 e. The van der Waals surface area contributed by atoms with Crippen LogP contribution in [0.2, 0.25) is 0 Å². The minimum Gasteiger partial charge on any atom is -0.369 e. The molecule has 1 aliphatic heterocycles. The summed E-state index contributed by atoms with van der Waals surface area (Å²) < 4.78 is 0. The van der Waals surface area contributed by atoms with Crippen LogP contribution in [0, 0.1) is 0 Å². The van der Waals surface area contributed by atoms with E-state index in [-0.39, 0.29) is 7.43 Å². The zero-order valence-electron chi connectivity index (χ0n) is 10.5. The number of rotatable bonds is 1. The number of aryl methyl sites for hydroxylation is 1. The van der Waals surface area contributed by atoms with E-state index in [2.05, 4.69) is 43.0 Å². The highest BCUT2D eigenvalue weighted by atomic mass is 15.2. The van der Waals surface area contributed by atoms with E-state index in [1.807, 2.05) is 13.8 Å². The summed E-state index contributed by atoms with van der Waals surface area (Å²) in [6, 6.07) is 9.40. The van der Waals surface area contributed by atoms with Crippen molar-refractivity contribution in [3.05, 3.63) is 29.8 Å². The largest absolute Gasteiger partial charge is 0.369 e. The highest BCUT2D eigenvalue weighted by molar-refractivity contribution is 5.55. The molecule has 0 aromatic heterocycles. The Morgan fingerprint density at radius 1 is 1.12 bits per heavy atom. The molecule has 1 nitrogen and oxygen atoms in total. The van der Waals surface area contributed by atoms with Crippen LogP contribution in [0.25, 0.3) is 0 Å². The van der Waals surface area contributed by atoms with Crippen LogP contribution in [-0.2, 0) is 6.42 Å². The molecule has 0 N–H and O–H groups in total. The van der Waals surface area contributed by atoms with Gasteiger partial charge in [0, 0.05) is 18.3 Å². The van der Waals surface area contributed by atoms with Gasteiger partial charge in [-0.1, -0.05) is 39.5 Å². The molecule has 92 valence electrons. The molecule has 1 aromatic carbocycles. The Balaban J connectivity index is 0.000000711. The number of para-hydroxylation sites is 1. The molecule has 0 spiro atoms. The van der Waals surface area contributed by atoms with Crippen LogP contribution in [-0.4, -0.2) is 12.6 Å². The third-order valence-corrected chi connectivity index (χ3v) is 2.77. The maximum absolute atomic E-state index is 2.50. The van der Waals surface area contributed by atoms with Gasteiger partial charge in [0.2, 0.25) is 0 Å². The molecule has 0 radical (unpaired) electrons. The summed E-state index contributed by atoms with van der Waals surface area (Å²) in [5, 5.41) is 0. The lowest BCUT2D eigenvalue weighted by Crippen LogP contribution is -2.35. The molecule has 0 atom stereocenters. The molecule has 1 aliphatic rings. The highest BCUT2D eigenvalue weighted by Gasteiger charge is 2.17. The molecular weight excluding hydrogens is 194 g/mol. The standard InChI is InChI=1S/C12H17N.C2H6.CH4/c1-10(2)13-9-5-7-11-6-3-4-8-12(11)13;1-2;/h3-4,6,8,10H,5,7,9H2,1-2H3;1-2H3;1H4. The average molecular weight is 221 g/mol. The van der Waals surface area contributed by atoms with Crippen LogP contribution >= 0.6 is 0 Å². The van der Waals surface area contributed by atoms with Crippen molar-refractivity contribution in [2.24, 2.45) is 0 Å². The summed E-state index contributed by atoms with van der Waals surface area (Å²) in [7, 11) is 0. The first kappa shape index (κ1) is 15.0. The fourth-order valence-corrected chi connectivity index (χ4v) is 2.10. The van der Waals surface area contributed by atoms with Crippen molar-refractivity contribution in [3.63, 3.8) is 0 Å². The Labute approximate surface area is 101 Å². The quantitative estimate of drug-likeness (QED) is 0.674. The number of nitrogens with zero attached hydrogens (tertiary/aromatic N) is 1. The molecule has 1 aromatic rings. The summed E-state index contributed by atoms with van der Waals surface area (Å²) in [5.74, 6) is 0. The lowest BCUT2D eigenvalue weighted by molar-refractivity contribution is 0.626. The Hall–Kier alpha value is -0.980. The van der Waals surface area contributed by atoms with Crippen molar-refractivity contribution in [3.8, 4) is 0 Å². The van der Waals surface area contributed by atoms with Gasteiger partial charge in [-0.3, -0.25) is 0 Å². The van der Waals surface area contributed by atoms with Crippen molar-refractivity contribution in [1.29, 1.82) is 0 Å². The van der Waals surface area contributed by atoms with Crippen LogP contribution < -0.4 is 4.90 Å². The van der Waals surface area contributed by atoms with Gasteiger partial charge >= 0.3 is 0 Å². The van der Waals surface area contributed by atoms with Crippen LogP contribution in [0.1, 0.15) is 47.1 Å². The van der Waals surface area contributed by atoms with Crippen LogP contribution in [0.15, 0.2) is 24.3 Å². The molecule has 2 rings (SSSR count). The van der Waals surface area contributed by atoms with E-state index in [1.165, 1.54) is 30.6 Å². The molecule has 0 fully saturated rings. The fourth-order valence-electron chi connectivity index (χ4n) is 2.10. The molecule has 0 bridgehead atoms. The minimum absolute atomic E-state index is 0. The minimum atomic E-state index is 0. The predicted molar refractivity (Wildman–Crippen MR) is 75.3 cm³/mol. The van der Waals surface area contributed by atoms with Gasteiger partial charge < -0.3 is 4.90 Å². The third-order valence-electron chi connectivity index (χ3n) is 2.77. The maximum Gasteiger partial charge on any atom is 0.0401 e. The molecule has 1 heteroatoms. The Morgan fingerprint density at radius 2 is 1.75 bits per heavy atom. The van der Waals surface area contributed by atoms with E-state index in [0.29, 0.717) is 6.04 Å². The second-order valence-corrected chi connectivity index (χ2v) is 4.02. The monoisotopic (exact) mass is 221 g/mol. The van der Waals surface area contributed by atoms with E-state index in [0.717, 1.165) is 0 Å². The Kier molecular flexibility index (Phi) is 6.87. The molecule has 16 heavy (non-hydrogen) atoms. The highest BCUT2D eigenvalue weighted by Crippen LogP contribution is 2.27. The van der Waals surface area contributed by atoms with E-state index < -0.39 is 0 Å². The van der Waals surface area contributed by atoms with Gasteiger partial charge in [0.15, 0.2) is 0 Å². The first-order chi connectivity index (χ1) is 7.29. The van der Waals surface area contributed by atoms with Crippen molar-refractivity contribution in [2.75, 3.05) is 11.4 Å². The molecule has 0 saturated carbocycles. The average Bonchev–Trinajstić information content (AvgIpc) is 2.31.